The Morgan fingerprint density at radius 3 is 1.76 bits per heavy atom. The Bertz CT molecular complexity index is 2030. The summed E-state index contributed by atoms with van der Waals surface area (Å²) in [5.74, 6) is -12.9. The van der Waals surface area contributed by atoms with Crippen LogP contribution in [0.1, 0.15) is 108 Å². The molecule has 1 aromatic rings. The fraction of sp³-hybridized carbons (Fsp3) is 0.578. The van der Waals surface area contributed by atoms with Crippen molar-refractivity contribution in [3.63, 3.8) is 0 Å². The van der Waals surface area contributed by atoms with Gasteiger partial charge in [-0.05, 0) is 37.7 Å². The fourth-order valence-corrected chi connectivity index (χ4v) is 6.98. The number of unbranched alkanes of at least 4 members (excludes halogenated alkanes) is 5. The van der Waals surface area contributed by atoms with E-state index in [-0.39, 0.29) is 63.0 Å². The Hall–Kier alpha value is -7.16. The van der Waals surface area contributed by atoms with Crippen molar-refractivity contribution in [2.24, 2.45) is 11.7 Å². The zero-order valence-electron chi connectivity index (χ0n) is 39.4. The number of hydrogen-bond acceptors (Lipinski definition) is 16. The molecule has 6 amide bonds. The zero-order valence-corrected chi connectivity index (χ0v) is 40.3. The molecule has 27 heteroatoms. The third-order valence-electron chi connectivity index (χ3n) is 10.7. The Morgan fingerprint density at radius 1 is 0.583 bits per heavy atom. The first-order chi connectivity index (χ1) is 34.1. The molecule has 0 fully saturated rings. The number of carboxylic acid groups (broad SMARTS) is 5. The average molecular weight is 1040 g/mol. The molecule has 1 aromatic carbocycles. The molecule has 0 spiro atoms. The van der Waals surface area contributed by atoms with Crippen LogP contribution >= 0.6 is 12.6 Å². The minimum atomic E-state index is -1.73. The van der Waals surface area contributed by atoms with E-state index in [9.17, 15) is 77.6 Å². The highest BCUT2D eigenvalue weighted by Crippen LogP contribution is 2.17. The lowest BCUT2D eigenvalue weighted by Crippen LogP contribution is -2.57. The number of carbonyl (C=O) groups excluding carboxylic acids is 8. The van der Waals surface area contributed by atoms with Crippen molar-refractivity contribution in [3.8, 4) is 0 Å². The predicted molar refractivity (Wildman–Crippen MR) is 253 cm³/mol. The van der Waals surface area contributed by atoms with Gasteiger partial charge in [0.25, 0.3) is 6.47 Å². The number of benzene rings is 1. The van der Waals surface area contributed by atoms with E-state index >= 15 is 0 Å². The van der Waals surface area contributed by atoms with Crippen molar-refractivity contribution in [3.05, 3.63) is 35.9 Å². The maximum atomic E-state index is 13.6. The topological polar surface area (TPSA) is 430 Å². The number of hydrogen-bond donors (Lipinski definition) is 13. The number of carbonyl (C=O) groups is 13. The van der Waals surface area contributed by atoms with E-state index in [1.165, 1.54) is 0 Å². The molecule has 0 aliphatic heterocycles. The molecule has 0 saturated carbocycles. The Balaban J connectivity index is 2.62. The average Bonchev–Trinajstić information content (AvgIpc) is 3.31. The van der Waals surface area contributed by atoms with Gasteiger partial charge in [-0.15, -0.1) is 0 Å². The summed E-state index contributed by atoms with van der Waals surface area (Å²) in [7, 11) is 0. The molecule has 0 aliphatic rings. The van der Waals surface area contributed by atoms with Gasteiger partial charge >= 0.3 is 35.9 Å². The number of ether oxygens (including phenoxy) is 1. The number of thiol groups is 1. The summed E-state index contributed by atoms with van der Waals surface area (Å²) < 4.78 is 4.60. The van der Waals surface area contributed by atoms with Gasteiger partial charge in [0.2, 0.25) is 23.6 Å². The van der Waals surface area contributed by atoms with Gasteiger partial charge in [-0.1, -0.05) is 56.0 Å². The van der Waals surface area contributed by atoms with E-state index in [1.807, 2.05) is 5.32 Å². The number of nitrogens with two attached hydrogens (primary N) is 1. The van der Waals surface area contributed by atoms with Crippen LogP contribution in [0, 0.1) is 5.92 Å². The van der Waals surface area contributed by atoms with E-state index < -0.39 is 140 Å². The van der Waals surface area contributed by atoms with Crippen LogP contribution in [0.15, 0.2) is 30.3 Å². The van der Waals surface area contributed by atoms with Crippen molar-refractivity contribution >= 4 is 90.2 Å². The van der Waals surface area contributed by atoms with Gasteiger partial charge in [0.1, 0.15) is 30.0 Å². The molecule has 1 rings (SSSR count). The number of ketones is 2. The highest BCUT2D eigenvalue weighted by molar-refractivity contribution is 7.80. The first-order valence-electron chi connectivity index (χ1n) is 23.0. The lowest BCUT2D eigenvalue weighted by Gasteiger charge is -2.21. The lowest BCUT2D eigenvalue weighted by atomic mass is 9.91. The molecule has 0 heterocycles. The lowest BCUT2D eigenvalue weighted by molar-refractivity contribution is -0.144. The Labute approximate surface area is 419 Å². The molecule has 0 radical (unpaired) electrons. The SMILES string of the molecule is N[C@@H](CNC(=O)CC[C@H](CC(=O)[C@H](Cc1ccccc1)NC(=O)CCCCCCCCC(=O)CC[C@H](NC(=O)N[C@@H](CCC(=O)O)OC=O)C(=O)O)C(=O)O)C(=O)N[C@@H](CC(=O)O)C(=O)N[C@@H](CS)C(=O)O. The number of amides is 6. The van der Waals surface area contributed by atoms with Gasteiger partial charge in [-0.2, -0.15) is 12.6 Å². The summed E-state index contributed by atoms with van der Waals surface area (Å²) in [4.78, 5) is 157. The highest BCUT2D eigenvalue weighted by atomic mass is 32.1. The number of carboxylic acids is 5. The Kier molecular flexibility index (Phi) is 30.6. The maximum absolute atomic E-state index is 13.6. The van der Waals surface area contributed by atoms with Crippen molar-refractivity contribution in [1.82, 2.24) is 31.9 Å². The van der Waals surface area contributed by atoms with Gasteiger partial charge < -0.3 is 67.9 Å². The van der Waals surface area contributed by atoms with E-state index in [2.05, 4.69) is 43.9 Å². The quantitative estimate of drug-likeness (QED) is 0.0173. The van der Waals surface area contributed by atoms with Crippen LogP contribution in [-0.4, -0.2) is 152 Å². The molecule has 0 saturated heterocycles. The van der Waals surface area contributed by atoms with Crippen LogP contribution in [0.4, 0.5) is 4.79 Å². The third-order valence-corrected chi connectivity index (χ3v) is 11.1. The standard InChI is InChI=1S/C45H65N7O19S/c46-29(40(62)49-32(22-39(60)61)41(63)50-33(24-72)44(68)69)23-47-35(56)17-14-27(42(64)65)21-34(55)31(20-26-10-6-5-7-11-26)48-36(57)13-9-4-2-1-3-8-12-28(54)15-16-30(43(66)67)51-45(70)52-37(71-25-53)18-19-38(58)59/h5-7,10-11,25,27,29-33,37,72H,1-4,8-9,12-24,46H2,(H,47,56)(H,48,57)(H,49,62)(H,50,63)(H,58,59)(H,60,61)(H,64,65)(H,66,67)(H,68,69)(H2,51,52,70)/t27-,29+,30+,31+,32+,33+,37-/m1/s1. The number of urea groups is 1. The molecule has 400 valence electrons. The van der Waals surface area contributed by atoms with Gasteiger partial charge in [-0.3, -0.25) is 47.9 Å². The van der Waals surface area contributed by atoms with Gasteiger partial charge in [0.15, 0.2) is 12.0 Å². The summed E-state index contributed by atoms with van der Waals surface area (Å²) in [5.41, 5.74) is 6.50. The van der Waals surface area contributed by atoms with E-state index in [1.54, 1.807) is 30.3 Å². The minimum absolute atomic E-state index is 0.00381. The number of aliphatic carboxylic acids is 5. The zero-order chi connectivity index (χ0) is 54.2. The van der Waals surface area contributed by atoms with E-state index in [0.29, 0.717) is 37.7 Å². The smallest absolute Gasteiger partial charge is 0.327 e. The molecule has 0 unspecified atom stereocenters. The van der Waals surface area contributed by atoms with Crippen LogP contribution in [0.3, 0.4) is 0 Å². The first-order valence-corrected chi connectivity index (χ1v) is 23.6. The second-order valence-electron chi connectivity index (χ2n) is 16.6. The number of rotatable bonds is 40. The number of Topliss-reactive ketones (excluding diaryl/α,β-unsaturated/α-hetero) is 2. The van der Waals surface area contributed by atoms with Gasteiger partial charge in [0.05, 0.1) is 24.8 Å². The minimum Gasteiger partial charge on any atom is -0.481 e. The maximum Gasteiger partial charge on any atom is 0.327 e. The largest absolute Gasteiger partial charge is 0.481 e. The van der Waals surface area contributed by atoms with Gasteiger partial charge in [-0.25, -0.2) is 14.4 Å². The summed E-state index contributed by atoms with van der Waals surface area (Å²) in [6, 6.07) is 0.343. The van der Waals surface area contributed by atoms with Crippen LogP contribution in [0.25, 0.3) is 0 Å². The second kappa shape index (κ2) is 35.0. The molecule has 0 aromatic heterocycles. The summed E-state index contributed by atoms with van der Waals surface area (Å²) in [5, 5.41) is 60.0. The molecule has 0 bridgehead atoms. The fourth-order valence-electron chi connectivity index (χ4n) is 6.73. The third kappa shape index (κ3) is 27.9. The molecule has 13 N–H and O–H groups in total. The van der Waals surface area contributed by atoms with Crippen LogP contribution < -0.4 is 37.6 Å². The highest BCUT2D eigenvalue weighted by Gasteiger charge is 2.31. The molecule has 0 aliphatic carbocycles. The Morgan fingerprint density at radius 2 is 1.19 bits per heavy atom. The molecule has 7 atom stereocenters. The molecule has 72 heavy (non-hydrogen) atoms. The van der Waals surface area contributed by atoms with E-state index in [4.69, 9.17) is 15.9 Å². The van der Waals surface area contributed by atoms with E-state index in [0.717, 1.165) is 6.42 Å². The molecule has 26 nitrogen and oxygen atoms in total. The van der Waals surface area contributed by atoms with Crippen LogP contribution in [0.5, 0.6) is 0 Å². The van der Waals surface area contributed by atoms with Crippen molar-refractivity contribution in [2.45, 2.75) is 146 Å². The summed E-state index contributed by atoms with van der Waals surface area (Å²) >= 11 is 3.81. The predicted octanol–water partition coefficient (Wildman–Crippen LogP) is -0.357. The van der Waals surface area contributed by atoms with Crippen molar-refractivity contribution in [2.75, 3.05) is 12.3 Å². The normalized spacial score (nSPS) is 13.7. The van der Waals surface area contributed by atoms with Crippen LogP contribution in [-0.2, 0) is 68.7 Å². The van der Waals surface area contributed by atoms with Gasteiger partial charge in [0, 0.05) is 50.8 Å². The van der Waals surface area contributed by atoms with Crippen molar-refractivity contribution < 1.29 is 92.6 Å². The molecular formula is C45H65N7O19S. The van der Waals surface area contributed by atoms with Crippen molar-refractivity contribution in [1.29, 1.82) is 0 Å². The molecular weight excluding hydrogens is 975 g/mol. The second-order valence-corrected chi connectivity index (χ2v) is 16.9. The summed E-state index contributed by atoms with van der Waals surface area (Å²) in [6.07, 6.45) is -0.640. The monoisotopic (exact) mass is 1040 g/mol. The number of nitrogens with one attached hydrogen (secondary N) is 6. The van der Waals surface area contributed by atoms with Crippen LogP contribution in [0.2, 0.25) is 0 Å². The summed E-state index contributed by atoms with van der Waals surface area (Å²) in [6.45, 7) is -0.526. The first kappa shape index (κ1) is 62.9.